The Morgan fingerprint density at radius 3 is 3.00 bits per heavy atom. The largest absolute Gasteiger partial charge is 0.362 e. The van der Waals surface area contributed by atoms with Gasteiger partial charge in [-0.1, -0.05) is 18.3 Å². The van der Waals surface area contributed by atoms with E-state index in [4.69, 9.17) is 0 Å². The smallest absolute Gasteiger partial charge is 0.185 e. The van der Waals surface area contributed by atoms with Crippen LogP contribution in [0.2, 0.25) is 0 Å². The Morgan fingerprint density at radius 2 is 2.21 bits per heavy atom. The van der Waals surface area contributed by atoms with Gasteiger partial charge in [0.1, 0.15) is 0 Å². The highest BCUT2D eigenvalue weighted by Gasteiger charge is 2.16. The van der Waals surface area contributed by atoms with Gasteiger partial charge in [0.25, 0.3) is 0 Å². The first-order valence-corrected chi connectivity index (χ1v) is 8.47. The van der Waals surface area contributed by atoms with Crippen molar-refractivity contribution in [1.82, 2.24) is 9.97 Å². The van der Waals surface area contributed by atoms with Crippen LogP contribution in [0.4, 0.5) is 10.3 Å². The molecule has 1 fully saturated rings. The van der Waals surface area contributed by atoms with Crippen LogP contribution in [0.25, 0.3) is 10.6 Å². The molecule has 0 saturated carbocycles. The highest BCUT2D eigenvalue weighted by molar-refractivity contribution is 7.19. The highest BCUT2D eigenvalue weighted by Crippen LogP contribution is 2.34. The van der Waals surface area contributed by atoms with E-state index in [2.05, 4.69) is 32.5 Å². The van der Waals surface area contributed by atoms with Crippen molar-refractivity contribution < 1.29 is 0 Å². The van der Waals surface area contributed by atoms with E-state index in [1.165, 1.54) is 17.7 Å². The number of hydrogen-bond acceptors (Lipinski definition) is 6. The zero-order valence-electron chi connectivity index (χ0n) is 11.1. The lowest BCUT2D eigenvalue weighted by atomic mass is 10.4. The molecule has 3 heterocycles. The van der Waals surface area contributed by atoms with Crippen LogP contribution in [0.15, 0.2) is 11.6 Å². The van der Waals surface area contributed by atoms with Gasteiger partial charge >= 0.3 is 0 Å². The van der Waals surface area contributed by atoms with Crippen LogP contribution in [0.5, 0.6) is 0 Å². The van der Waals surface area contributed by atoms with Crippen LogP contribution >= 0.6 is 22.7 Å². The lowest BCUT2D eigenvalue weighted by molar-refractivity contribution is 0.949. The molecule has 4 nitrogen and oxygen atoms in total. The highest BCUT2D eigenvalue weighted by atomic mass is 32.1. The summed E-state index contributed by atoms with van der Waals surface area (Å²) in [6, 6.07) is 0. The molecule has 102 valence electrons. The fourth-order valence-corrected chi connectivity index (χ4v) is 3.88. The summed E-state index contributed by atoms with van der Waals surface area (Å²) < 4.78 is 0. The molecule has 0 atom stereocenters. The number of nitrogens with zero attached hydrogens (tertiary/aromatic N) is 3. The predicted octanol–water partition coefficient (Wildman–Crippen LogP) is 3.69. The first-order valence-electron chi connectivity index (χ1n) is 6.77. The molecule has 0 amide bonds. The number of hydrogen-bond donors (Lipinski definition) is 1. The van der Waals surface area contributed by atoms with Crippen LogP contribution in [-0.4, -0.2) is 29.6 Å². The standard InChI is InChI=1S/C13H18N4S2/c1-2-5-14-12-16-10(9-18-12)11-8-15-13(19-11)17-6-3-4-7-17/h8-9H,2-7H2,1H3,(H,14,16). The van der Waals surface area contributed by atoms with Gasteiger partial charge in [0.2, 0.25) is 0 Å². The maximum absolute atomic E-state index is 4.62. The Labute approximate surface area is 121 Å². The minimum atomic E-state index is 0.981. The molecule has 3 rings (SSSR count). The third kappa shape index (κ3) is 2.90. The normalized spacial score (nSPS) is 15.1. The maximum atomic E-state index is 4.62. The number of rotatable bonds is 5. The van der Waals surface area contributed by atoms with E-state index in [1.54, 1.807) is 22.7 Å². The summed E-state index contributed by atoms with van der Waals surface area (Å²) in [5.41, 5.74) is 1.05. The first-order chi connectivity index (χ1) is 9.36. The van der Waals surface area contributed by atoms with Gasteiger partial charge in [0.05, 0.1) is 10.6 Å². The predicted molar refractivity (Wildman–Crippen MR) is 83.4 cm³/mol. The molecule has 0 aliphatic carbocycles. The molecular weight excluding hydrogens is 276 g/mol. The van der Waals surface area contributed by atoms with Gasteiger partial charge in [-0.2, -0.15) is 0 Å². The van der Waals surface area contributed by atoms with Crippen molar-refractivity contribution in [3.63, 3.8) is 0 Å². The fourth-order valence-electron chi connectivity index (χ4n) is 2.14. The van der Waals surface area contributed by atoms with Gasteiger partial charge in [-0.15, -0.1) is 11.3 Å². The zero-order chi connectivity index (χ0) is 13.1. The Hall–Kier alpha value is -1.14. The van der Waals surface area contributed by atoms with Gasteiger partial charge < -0.3 is 10.2 Å². The Bertz CT molecular complexity index is 528. The summed E-state index contributed by atoms with van der Waals surface area (Å²) in [6.45, 7) is 5.43. The topological polar surface area (TPSA) is 41.1 Å². The summed E-state index contributed by atoms with van der Waals surface area (Å²) in [7, 11) is 0. The number of nitrogens with one attached hydrogen (secondary N) is 1. The molecule has 0 unspecified atom stereocenters. The van der Waals surface area contributed by atoms with E-state index >= 15 is 0 Å². The molecule has 0 radical (unpaired) electrons. The molecule has 2 aromatic rings. The van der Waals surface area contributed by atoms with E-state index < -0.39 is 0 Å². The van der Waals surface area contributed by atoms with Gasteiger partial charge in [0, 0.05) is 31.2 Å². The summed E-state index contributed by atoms with van der Waals surface area (Å²) in [4.78, 5) is 12.7. The number of aromatic nitrogens is 2. The molecule has 6 heteroatoms. The molecule has 2 aromatic heterocycles. The van der Waals surface area contributed by atoms with E-state index in [0.29, 0.717) is 0 Å². The molecule has 0 aromatic carbocycles. The monoisotopic (exact) mass is 294 g/mol. The van der Waals surface area contributed by atoms with E-state index in [1.807, 2.05) is 6.20 Å². The molecule has 0 bridgehead atoms. The van der Waals surface area contributed by atoms with Crippen molar-refractivity contribution >= 4 is 32.9 Å². The fraction of sp³-hybridized carbons (Fsp3) is 0.538. The quantitative estimate of drug-likeness (QED) is 0.913. The third-order valence-electron chi connectivity index (χ3n) is 3.15. The molecule has 1 saturated heterocycles. The van der Waals surface area contributed by atoms with E-state index in [9.17, 15) is 0 Å². The van der Waals surface area contributed by atoms with Crippen molar-refractivity contribution in [1.29, 1.82) is 0 Å². The second-order valence-corrected chi connectivity index (χ2v) is 6.53. The van der Waals surface area contributed by atoms with Crippen LogP contribution in [0.3, 0.4) is 0 Å². The first kappa shape index (κ1) is 12.9. The third-order valence-corrected chi connectivity index (χ3v) is 5.03. The zero-order valence-corrected chi connectivity index (χ0v) is 12.7. The van der Waals surface area contributed by atoms with Crippen LogP contribution in [0.1, 0.15) is 26.2 Å². The van der Waals surface area contributed by atoms with Crippen LogP contribution < -0.4 is 10.2 Å². The number of anilines is 2. The molecule has 1 aliphatic rings. The SMILES string of the molecule is CCCNc1nc(-c2cnc(N3CCCC3)s2)cs1. The van der Waals surface area contributed by atoms with Crippen molar-refractivity contribution in [2.45, 2.75) is 26.2 Å². The minimum absolute atomic E-state index is 0.981. The summed E-state index contributed by atoms with van der Waals surface area (Å²) in [6.07, 6.45) is 5.65. The second kappa shape index (κ2) is 5.88. The average Bonchev–Trinajstić information content (AvgIpc) is 3.14. The van der Waals surface area contributed by atoms with E-state index in [0.717, 1.165) is 42.0 Å². The Morgan fingerprint density at radius 1 is 1.37 bits per heavy atom. The van der Waals surface area contributed by atoms with Crippen LogP contribution in [0, 0.1) is 0 Å². The van der Waals surface area contributed by atoms with Gasteiger partial charge in [-0.3, -0.25) is 0 Å². The summed E-state index contributed by atoms with van der Waals surface area (Å²) in [5, 5.41) is 7.59. The summed E-state index contributed by atoms with van der Waals surface area (Å²) >= 11 is 3.42. The maximum Gasteiger partial charge on any atom is 0.185 e. The minimum Gasteiger partial charge on any atom is -0.362 e. The lowest BCUT2D eigenvalue weighted by Crippen LogP contribution is -2.16. The van der Waals surface area contributed by atoms with Crippen molar-refractivity contribution in [2.24, 2.45) is 0 Å². The molecule has 0 spiro atoms. The Kier molecular flexibility index (Phi) is 3.98. The molecule has 1 aliphatic heterocycles. The number of thiazole rings is 2. The van der Waals surface area contributed by atoms with Crippen molar-refractivity contribution in [2.75, 3.05) is 29.9 Å². The van der Waals surface area contributed by atoms with Crippen molar-refractivity contribution in [3.8, 4) is 10.6 Å². The van der Waals surface area contributed by atoms with Crippen LogP contribution in [-0.2, 0) is 0 Å². The van der Waals surface area contributed by atoms with E-state index in [-0.39, 0.29) is 0 Å². The molecular formula is C13H18N4S2. The Balaban J connectivity index is 1.72. The molecule has 1 N–H and O–H groups in total. The van der Waals surface area contributed by atoms with Gasteiger partial charge in [-0.05, 0) is 19.3 Å². The van der Waals surface area contributed by atoms with Crippen molar-refractivity contribution in [3.05, 3.63) is 11.6 Å². The second-order valence-electron chi connectivity index (χ2n) is 4.67. The lowest BCUT2D eigenvalue weighted by Gasteiger charge is -2.11. The average molecular weight is 294 g/mol. The van der Waals surface area contributed by atoms with Gasteiger partial charge in [0.15, 0.2) is 10.3 Å². The van der Waals surface area contributed by atoms with Gasteiger partial charge in [-0.25, -0.2) is 9.97 Å². The summed E-state index contributed by atoms with van der Waals surface area (Å²) in [5.74, 6) is 0. The molecule has 19 heavy (non-hydrogen) atoms.